The number of nitrogens with zero attached hydrogens (tertiary/aromatic N) is 4. The number of phosphoric acid groups is 2. The lowest BCUT2D eigenvalue weighted by Gasteiger charge is -2.37. The molecule has 2 aromatic rings. The molecule has 2 amide bonds. The van der Waals surface area contributed by atoms with E-state index in [0.717, 1.165) is 37.4 Å². The molecule has 35 nitrogen and oxygen atoms in total. The molecule has 522 valence electrons. The van der Waals surface area contributed by atoms with Crippen molar-refractivity contribution < 1.29 is 136 Å². The van der Waals surface area contributed by atoms with Gasteiger partial charge in [0.25, 0.3) is 0 Å². The number of hydrogen-bond donors (Lipinski definition) is 8. The van der Waals surface area contributed by atoms with E-state index in [0.29, 0.717) is 21.3 Å². The molecular weight excluding hydrogens is 1350 g/mol. The minimum atomic E-state index is -5.18. The maximum absolute atomic E-state index is 14.8. The number of Topliss-reactive ketones (excluding diaryl/α,β-unsaturated/α-hetero) is 2. The van der Waals surface area contributed by atoms with Crippen molar-refractivity contribution in [3.05, 3.63) is 45.5 Å². The van der Waals surface area contributed by atoms with Crippen molar-refractivity contribution in [2.24, 2.45) is 11.8 Å². The third-order valence-electron chi connectivity index (χ3n) is 13.6. The fourth-order valence-electron chi connectivity index (χ4n) is 8.31. The summed E-state index contributed by atoms with van der Waals surface area (Å²) in [7, 11) is -10.3. The second-order valence-corrected chi connectivity index (χ2v) is 26.0. The Kier molecular flexibility index (Phi) is 30.2. The molecule has 0 radical (unpaired) electrons. The van der Waals surface area contributed by atoms with E-state index < -0.39 is 164 Å². The van der Waals surface area contributed by atoms with Gasteiger partial charge in [-0.3, -0.25) is 46.9 Å². The first-order chi connectivity index (χ1) is 43.7. The molecule has 1 aliphatic carbocycles. The molecule has 0 aromatic carbocycles. The summed E-state index contributed by atoms with van der Waals surface area (Å²) in [6.07, 6.45) is -11.4. The number of rotatable bonds is 41. The summed E-state index contributed by atoms with van der Waals surface area (Å²) in [5.41, 5.74) is 8.25. The number of ether oxygens (including phenoxy) is 7. The zero-order chi connectivity index (χ0) is 68.8. The van der Waals surface area contributed by atoms with Crippen LogP contribution < -0.4 is 33.5 Å². The van der Waals surface area contributed by atoms with Gasteiger partial charge in [-0.05, 0) is 38.3 Å². The second-order valence-electron chi connectivity index (χ2n) is 20.5. The van der Waals surface area contributed by atoms with E-state index in [1.807, 2.05) is 0 Å². The smallest absolute Gasteiger partial charge is 0.454 e. The highest BCUT2D eigenvalue weighted by Gasteiger charge is 2.61. The zero-order valence-electron chi connectivity index (χ0n) is 49.6. The maximum Gasteiger partial charge on any atom is 0.475 e. The van der Waals surface area contributed by atoms with Crippen LogP contribution in [0.5, 0.6) is 0 Å². The van der Waals surface area contributed by atoms with E-state index in [-0.39, 0.29) is 97.3 Å². The molecule has 2 aliphatic heterocycles. The van der Waals surface area contributed by atoms with E-state index in [4.69, 9.17) is 35.2 Å². The molecule has 2 aromatic heterocycles. The Hall–Kier alpha value is -6.04. The van der Waals surface area contributed by atoms with Crippen LogP contribution in [0.15, 0.2) is 34.1 Å². The number of nitrogen functional groups attached to an aromatic ring is 2. The molecule has 43 heteroatoms. The van der Waals surface area contributed by atoms with Crippen molar-refractivity contribution in [3.63, 3.8) is 0 Å². The number of aliphatic hydroxyl groups is 2. The molecule has 4 heterocycles. The van der Waals surface area contributed by atoms with E-state index in [9.17, 15) is 94.6 Å². The first kappa shape index (κ1) is 77.7. The number of aromatic nitrogens is 4. The lowest BCUT2D eigenvalue weighted by atomic mass is 9.99. The van der Waals surface area contributed by atoms with Crippen LogP contribution >= 0.6 is 39.2 Å². The summed E-state index contributed by atoms with van der Waals surface area (Å²) in [6, 6.07) is 2.02. The SMILES string of the molecule is CCC(CSC1CCC1SCC(CC(=O)CCOCCC(C)=O)C(=O)NCCC(=O)OCC(=O)OCOP(=O)(O)OC[C@H]1O[C@@H](n2ccc(N)nc2=O)C(F)(F)[C@@H]1O)C(=O)NCCC(=O)OCC(=O)OCOP(=O)(O)OC[C@H]1O[C@@H](n2ccc(N)nc2=O)C(F)(F)[C@@H]1O. The number of anilines is 2. The number of carbonyl (C=O) groups is 8. The number of halogens is 4. The van der Waals surface area contributed by atoms with Crippen LogP contribution in [-0.4, -0.2) is 211 Å². The van der Waals surface area contributed by atoms with Crippen molar-refractivity contribution in [1.82, 2.24) is 29.7 Å². The molecule has 5 rings (SSSR count). The lowest BCUT2D eigenvalue weighted by molar-refractivity contribution is -0.163. The van der Waals surface area contributed by atoms with Gasteiger partial charge >= 0.3 is 62.7 Å². The van der Waals surface area contributed by atoms with E-state index in [1.54, 1.807) is 6.92 Å². The van der Waals surface area contributed by atoms with Gasteiger partial charge in [-0.2, -0.15) is 51.1 Å². The van der Waals surface area contributed by atoms with E-state index in [1.165, 1.54) is 30.4 Å². The van der Waals surface area contributed by atoms with Gasteiger partial charge in [0.2, 0.25) is 37.9 Å². The van der Waals surface area contributed by atoms with E-state index >= 15 is 0 Å². The normalized spacial score (nSPS) is 23.2. The summed E-state index contributed by atoms with van der Waals surface area (Å²) in [6.45, 7) is -4.11. The molecule has 1 saturated carbocycles. The summed E-state index contributed by atoms with van der Waals surface area (Å²) < 4.78 is 137. The molecule has 6 unspecified atom stereocenters. The largest absolute Gasteiger partial charge is 0.475 e. The molecule has 10 N–H and O–H groups in total. The first-order valence-electron chi connectivity index (χ1n) is 28.1. The summed E-state index contributed by atoms with van der Waals surface area (Å²) in [5, 5.41) is 25.4. The van der Waals surface area contributed by atoms with Gasteiger partial charge in [0.15, 0.2) is 25.4 Å². The van der Waals surface area contributed by atoms with Crippen LogP contribution in [0.2, 0.25) is 0 Å². The van der Waals surface area contributed by atoms with Gasteiger partial charge in [-0.15, -0.1) is 0 Å². The lowest BCUT2D eigenvalue weighted by Crippen LogP contribution is -2.41. The van der Waals surface area contributed by atoms with Crippen molar-refractivity contribution in [3.8, 4) is 0 Å². The Morgan fingerprint density at radius 1 is 0.667 bits per heavy atom. The number of carbonyl (C=O) groups excluding carboxylic acids is 8. The maximum atomic E-state index is 14.8. The van der Waals surface area contributed by atoms with Crippen LogP contribution in [0.4, 0.5) is 29.2 Å². The monoisotopic (exact) mass is 1420 g/mol. The van der Waals surface area contributed by atoms with Crippen molar-refractivity contribution >= 4 is 98.1 Å². The number of ketones is 2. The van der Waals surface area contributed by atoms with Gasteiger partial charge in [0.05, 0.1) is 45.2 Å². The molecule has 3 aliphatic rings. The quantitative estimate of drug-likeness (QED) is 0.0107. The predicted octanol–water partition coefficient (Wildman–Crippen LogP) is -0.196. The molecule has 12 atom stereocenters. The van der Waals surface area contributed by atoms with Gasteiger partial charge in [-0.1, -0.05) is 6.92 Å². The number of amides is 2. The number of thioether (sulfide) groups is 2. The third kappa shape index (κ3) is 24.6. The van der Waals surface area contributed by atoms with Crippen LogP contribution in [0.25, 0.3) is 0 Å². The third-order valence-corrected chi connectivity index (χ3v) is 18.8. The number of alkyl halides is 4. The number of hydrogen-bond acceptors (Lipinski definition) is 31. The summed E-state index contributed by atoms with van der Waals surface area (Å²) in [5.74, 6) is -15.5. The molecule has 93 heavy (non-hydrogen) atoms. The van der Waals surface area contributed by atoms with Gasteiger partial charge in [0.1, 0.15) is 35.4 Å². The Bertz CT molecular complexity index is 3160. The van der Waals surface area contributed by atoms with E-state index in [2.05, 4.69) is 48.2 Å². The highest BCUT2D eigenvalue weighted by molar-refractivity contribution is 8.04. The van der Waals surface area contributed by atoms with Crippen molar-refractivity contribution in [2.75, 3.05) is 89.3 Å². The fourth-order valence-corrected chi connectivity index (χ4v) is 12.9. The zero-order valence-corrected chi connectivity index (χ0v) is 53.0. The topological polar surface area (TPSA) is 499 Å². The van der Waals surface area contributed by atoms with Crippen molar-refractivity contribution in [1.29, 1.82) is 0 Å². The predicted molar refractivity (Wildman–Crippen MR) is 308 cm³/mol. The highest BCUT2D eigenvalue weighted by atomic mass is 32.2. The number of nitrogens with two attached hydrogens (primary N) is 2. The minimum absolute atomic E-state index is 0.00234. The highest BCUT2D eigenvalue weighted by Crippen LogP contribution is 2.49. The van der Waals surface area contributed by atoms with Gasteiger partial charge < -0.3 is 75.3 Å². The Morgan fingerprint density at radius 2 is 1.09 bits per heavy atom. The number of nitrogens with one attached hydrogen (secondary N) is 2. The summed E-state index contributed by atoms with van der Waals surface area (Å²) >= 11 is 2.95. The second kappa shape index (κ2) is 36.2. The molecule has 3 fully saturated rings. The molecular formula is C50H70F4N8O27P2S2. The van der Waals surface area contributed by atoms with Gasteiger partial charge in [-0.25, -0.2) is 37.4 Å². The molecule has 0 bridgehead atoms. The first-order valence-corrected chi connectivity index (χ1v) is 33.2. The van der Waals surface area contributed by atoms with Crippen LogP contribution in [0.1, 0.15) is 77.7 Å². The average Bonchev–Trinajstić information content (AvgIpc) is 1.64. The number of aliphatic hydroxyl groups excluding tert-OH is 2. The van der Waals surface area contributed by atoms with Crippen LogP contribution in [-0.2, 0) is 98.7 Å². The van der Waals surface area contributed by atoms with Crippen LogP contribution in [0, 0.1) is 11.8 Å². The standard InChI is InChI=1S/C50H70F4N8O27P2S2/c1-3-28(43(71)57-12-6-37(65)80-21-39(67)82-25-86-90(75,76)84-19-31-41(69)49(51,52)45(88-31)61-14-8-35(55)59-47(61)73)23-92-33-4-5-34(33)93-24-29(18-30(64)11-17-79-16-10-27(2)63)44(72)58-13-7-38(66)81-22-40(68)83-26-87-91(77,78)85-20-32-42(70)50(53,54)46(89-32)62-15-9-36(56)60-48(62)74/h8-9,14-15,28-29,31-34,41-42,45-46,69-70H,3-7,10-13,16-26H2,1-2H3,(H,57,71)(H,58,72)(H,75,76)(H,77,78)(H2,55,59,73)(H2,56,60,74)/t28?,29?,31-,32-,33?,34?,41-,42-,45-,46-/m1/s1. The summed E-state index contributed by atoms with van der Waals surface area (Å²) in [4.78, 5) is 151. The van der Waals surface area contributed by atoms with Crippen molar-refractivity contribution in [2.45, 2.75) is 124 Å². The van der Waals surface area contributed by atoms with Gasteiger partial charge in [0, 0.05) is 72.7 Å². The molecule has 2 saturated heterocycles. The average molecular weight is 1420 g/mol. The fraction of sp³-hybridized carbons (Fsp3) is 0.680. The Labute approximate surface area is 533 Å². The Balaban J connectivity index is 0.959. The Morgan fingerprint density at radius 3 is 1.49 bits per heavy atom. The molecule has 0 spiro atoms. The van der Waals surface area contributed by atoms with Crippen LogP contribution in [0.3, 0.4) is 0 Å². The number of esters is 4. The minimum Gasteiger partial charge on any atom is -0.454 e. The number of phosphoric ester groups is 2.